The summed E-state index contributed by atoms with van der Waals surface area (Å²) in [6.07, 6.45) is 1.61. The smallest absolute Gasteiger partial charge is 0.249 e. The molecule has 1 aromatic carbocycles. The molecule has 164 valence electrons. The van der Waals surface area contributed by atoms with Gasteiger partial charge in [0.1, 0.15) is 6.04 Å². The minimum absolute atomic E-state index is 0.229. The van der Waals surface area contributed by atoms with Crippen LogP contribution in [-0.4, -0.2) is 33.6 Å². The molecule has 2 aliphatic rings. The minimum atomic E-state index is -0.914. The second-order valence-corrected chi connectivity index (χ2v) is 10.7. The van der Waals surface area contributed by atoms with Crippen LogP contribution in [0.15, 0.2) is 30.3 Å². The summed E-state index contributed by atoms with van der Waals surface area (Å²) in [6, 6.07) is 8.61. The number of benzene rings is 1. The summed E-state index contributed by atoms with van der Waals surface area (Å²) in [5, 5.41) is 3.36. The summed E-state index contributed by atoms with van der Waals surface area (Å²) < 4.78 is 0. The Morgan fingerprint density at radius 1 is 1.23 bits per heavy atom. The van der Waals surface area contributed by atoms with E-state index in [0.29, 0.717) is 18.0 Å². The number of carbonyl (C=O) groups excluding carboxylic acids is 3. The van der Waals surface area contributed by atoms with Gasteiger partial charge in [-0.3, -0.25) is 19.3 Å². The van der Waals surface area contributed by atoms with Crippen molar-refractivity contribution in [1.82, 2.24) is 9.88 Å². The molecule has 3 unspecified atom stereocenters. The number of imide groups is 1. The highest BCUT2D eigenvalue weighted by molar-refractivity contribution is 7.15. The summed E-state index contributed by atoms with van der Waals surface area (Å²) in [4.78, 5) is 47.3. The fraction of sp³-hybridized carbons (Fsp3) is 0.500. The van der Waals surface area contributed by atoms with Crippen molar-refractivity contribution in [2.24, 2.45) is 16.7 Å². The molecule has 2 heterocycles. The third kappa shape index (κ3) is 3.39. The molecule has 2 fully saturated rings. The van der Waals surface area contributed by atoms with E-state index in [9.17, 15) is 14.4 Å². The van der Waals surface area contributed by atoms with Gasteiger partial charge in [0.25, 0.3) is 0 Å². The number of rotatable bonds is 5. The largest absolute Gasteiger partial charge is 0.300 e. The van der Waals surface area contributed by atoms with Crippen molar-refractivity contribution in [2.75, 3.05) is 5.32 Å². The van der Waals surface area contributed by atoms with Gasteiger partial charge < -0.3 is 5.32 Å². The van der Waals surface area contributed by atoms with Gasteiger partial charge in [-0.2, -0.15) is 0 Å². The van der Waals surface area contributed by atoms with Crippen LogP contribution in [0, 0.1) is 30.6 Å². The van der Waals surface area contributed by atoms with E-state index in [1.165, 1.54) is 16.2 Å². The quantitative estimate of drug-likeness (QED) is 0.711. The minimum Gasteiger partial charge on any atom is -0.300 e. The SMILES string of the molecule is Cc1nc(NC(=O)C(Cc2ccccc2)N2C(=O)C3CCC(C)(C2=O)C3(C)C)sc1C. The Morgan fingerprint density at radius 2 is 1.90 bits per heavy atom. The maximum absolute atomic E-state index is 13.7. The number of hydrogen-bond acceptors (Lipinski definition) is 5. The Hall–Kier alpha value is -2.54. The van der Waals surface area contributed by atoms with Crippen molar-refractivity contribution in [2.45, 2.75) is 59.9 Å². The zero-order valence-electron chi connectivity index (χ0n) is 18.7. The number of amides is 3. The molecule has 3 amide bonds. The van der Waals surface area contributed by atoms with E-state index in [2.05, 4.69) is 10.3 Å². The van der Waals surface area contributed by atoms with Crippen LogP contribution in [0.5, 0.6) is 0 Å². The van der Waals surface area contributed by atoms with Gasteiger partial charge in [0.2, 0.25) is 17.7 Å². The van der Waals surface area contributed by atoms with E-state index in [1.54, 1.807) is 0 Å². The Morgan fingerprint density at radius 3 is 2.52 bits per heavy atom. The zero-order valence-corrected chi connectivity index (χ0v) is 19.5. The zero-order chi connectivity index (χ0) is 22.6. The molecule has 31 heavy (non-hydrogen) atoms. The van der Waals surface area contributed by atoms with Gasteiger partial charge in [-0.15, -0.1) is 11.3 Å². The molecule has 0 radical (unpaired) electrons. The number of aryl methyl sites for hydroxylation is 2. The summed E-state index contributed by atoms with van der Waals surface area (Å²) in [5.74, 6) is -1.10. The Balaban J connectivity index is 1.71. The van der Waals surface area contributed by atoms with E-state index < -0.39 is 16.9 Å². The summed E-state index contributed by atoms with van der Waals surface area (Å²) in [6.45, 7) is 9.79. The van der Waals surface area contributed by atoms with E-state index in [0.717, 1.165) is 16.1 Å². The number of piperidine rings is 1. The van der Waals surface area contributed by atoms with Crippen molar-refractivity contribution in [3.63, 3.8) is 0 Å². The Labute approximate surface area is 187 Å². The number of likely N-dealkylation sites (tertiary alicyclic amines) is 1. The van der Waals surface area contributed by atoms with E-state index >= 15 is 0 Å². The lowest BCUT2D eigenvalue weighted by Gasteiger charge is -2.49. The third-order valence-electron chi connectivity index (χ3n) is 7.60. The van der Waals surface area contributed by atoms with Crippen molar-refractivity contribution in [3.05, 3.63) is 46.5 Å². The topological polar surface area (TPSA) is 79.4 Å². The number of nitrogens with one attached hydrogen (secondary N) is 1. The van der Waals surface area contributed by atoms with Crippen LogP contribution in [0.25, 0.3) is 0 Å². The number of thiazole rings is 1. The fourth-order valence-corrected chi connectivity index (χ4v) is 5.82. The number of fused-ring (bicyclic) bond motifs is 2. The average Bonchev–Trinajstić information content (AvgIpc) is 3.12. The summed E-state index contributed by atoms with van der Waals surface area (Å²) in [5.41, 5.74) is 0.679. The van der Waals surface area contributed by atoms with Crippen LogP contribution in [0.1, 0.15) is 49.7 Å². The maximum Gasteiger partial charge on any atom is 0.249 e. The Kier molecular flexibility index (Phi) is 5.28. The maximum atomic E-state index is 13.7. The fourth-order valence-electron chi connectivity index (χ4n) is 5.00. The van der Waals surface area contributed by atoms with Crippen molar-refractivity contribution < 1.29 is 14.4 Å². The van der Waals surface area contributed by atoms with Gasteiger partial charge >= 0.3 is 0 Å². The second-order valence-electron chi connectivity index (χ2n) is 9.51. The molecule has 2 bridgehead atoms. The highest BCUT2D eigenvalue weighted by Crippen LogP contribution is 2.60. The first kappa shape index (κ1) is 21.7. The standard InChI is InChI=1S/C24H29N3O3S/c1-14-15(2)31-22(25-14)26-19(28)18(13-16-9-7-6-8-10-16)27-20(29)17-11-12-24(5,21(27)30)23(17,3)4/h6-10,17-18H,11-13H2,1-5H3,(H,25,26,28). The van der Waals surface area contributed by atoms with Crippen molar-refractivity contribution >= 4 is 34.2 Å². The predicted molar refractivity (Wildman–Crippen MR) is 121 cm³/mol. The highest BCUT2D eigenvalue weighted by atomic mass is 32.1. The van der Waals surface area contributed by atoms with Gasteiger partial charge in [0.05, 0.1) is 11.1 Å². The van der Waals surface area contributed by atoms with Gasteiger partial charge in [0, 0.05) is 17.2 Å². The van der Waals surface area contributed by atoms with Crippen LogP contribution in [-0.2, 0) is 20.8 Å². The molecule has 1 aliphatic carbocycles. The van der Waals surface area contributed by atoms with Gasteiger partial charge in [0.15, 0.2) is 5.13 Å². The molecule has 1 aliphatic heterocycles. The second kappa shape index (κ2) is 7.55. The molecular formula is C24H29N3O3S. The molecule has 1 saturated carbocycles. The summed E-state index contributed by atoms with van der Waals surface area (Å²) in [7, 11) is 0. The average molecular weight is 440 g/mol. The predicted octanol–water partition coefficient (Wildman–Crippen LogP) is 4.12. The number of aromatic nitrogens is 1. The number of anilines is 1. The monoisotopic (exact) mass is 439 g/mol. The van der Waals surface area contributed by atoms with E-state index in [-0.39, 0.29) is 30.1 Å². The lowest BCUT2D eigenvalue weighted by Crippen LogP contribution is -2.64. The lowest BCUT2D eigenvalue weighted by atomic mass is 9.62. The van der Waals surface area contributed by atoms with Crippen LogP contribution in [0.4, 0.5) is 5.13 Å². The van der Waals surface area contributed by atoms with E-state index in [4.69, 9.17) is 0 Å². The van der Waals surface area contributed by atoms with Crippen molar-refractivity contribution in [1.29, 1.82) is 0 Å². The summed E-state index contributed by atoms with van der Waals surface area (Å²) >= 11 is 1.40. The molecule has 1 aromatic heterocycles. The van der Waals surface area contributed by atoms with Crippen molar-refractivity contribution in [3.8, 4) is 0 Å². The number of hydrogen-bond donors (Lipinski definition) is 1. The molecule has 4 rings (SSSR count). The third-order valence-corrected chi connectivity index (χ3v) is 8.59. The normalized spacial score (nSPS) is 25.6. The first-order chi connectivity index (χ1) is 14.6. The van der Waals surface area contributed by atoms with Crippen LogP contribution < -0.4 is 5.32 Å². The molecule has 6 nitrogen and oxygen atoms in total. The lowest BCUT2D eigenvalue weighted by molar-refractivity contribution is -0.172. The first-order valence-electron chi connectivity index (χ1n) is 10.7. The molecular weight excluding hydrogens is 410 g/mol. The molecule has 0 spiro atoms. The molecule has 1 N–H and O–H groups in total. The molecule has 3 atom stereocenters. The highest BCUT2D eigenvalue weighted by Gasteiger charge is 2.65. The Bertz CT molecular complexity index is 1030. The van der Waals surface area contributed by atoms with Crippen LogP contribution >= 0.6 is 11.3 Å². The van der Waals surface area contributed by atoms with Gasteiger partial charge in [-0.05, 0) is 37.7 Å². The molecule has 7 heteroatoms. The molecule has 1 saturated heterocycles. The van der Waals surface area contributed by atoms with Gasteiger partial charge in [-0.25, -0.2) is 4.98 Å². The molecule has 2 aromatic rings. The number of nitrogens with zero attached hydrogens (tertiary/aromatic N) is 2. The number of carbonyl (C=O) groups is 3. The van der Waals surface area contributed by atoms with Gasteiger partial charge in [-0.1, -0.05) is 51.1 Å². The first-order valence-corrected chi connectivity index (χ1v) is 11.5. The van der Waals surface area contributed by atoms with Crippen LogP contribution in [0.2, 0.25) is 0 Å². The van der Waals surface area contributed by atoms with Crippen LogP contribution in [0.3, 0.4) is 0 Å². The van der Waals surface area contributed by atoms with E-state index in [1.807, 2.05) is 65.0 Å².